The van der Waals surface area contributed by atoms with Crippen molar-refractivity contribution in [1.82, 2.24) is 24.9 Å². The Labute approximate surface area is 183 Å². The van der Waals surface area contributed by atoms with Crippen molar-refractivity contribution in [2.75, 3.05) is 31.1 Å². The lowest BCUT2D eigenvalue weighted by Crippen LogP contribution is -2.49. The number of nitrogens with zero attached hydrogens (tertiary/aromatic N) is 7. The number of benzene rings is 1. The zero-order chi connectivity index (χ0) is 23.8. The number of rotatable bonds is 4. The number of amides is 1. The molecule has 33 heavy (non-hydrogen) atoms. The molecule has 1 amide bonds. The number of anilines is 1. The standard InChI is InChI=1S/C19H15F4N7O3/c20-12-1-3-13(4-2-12)29-17(19(21,22)23)16(25-26-29)18(31)28-9-7-27(8-10-28)15-6-5-14(11-24-15)30(32)33/h1-6,11H,7-10H2. The lowest BCUT2D eigenvalue weighted by molar-refractivity contribution is -0.385. The molecule has 0 bridgehead atoms. The maximum atomic E-state index is 13.8. The lowest BCUT2D eigenvalue weighted by atomic mass is 10.2. The highest BCUT2D eigenvalue weighted by molar-refractivity contribution is 5.93. The molecule has 1 fully saturated rings. The van der Waals surface area contributed by atoms with Gasteiger partial charge in [0.1, 0.15) is 17.8 Å². The second kappa shape index (κ2) is 8.44. The number of nitro groups is 1. The Balaban J connectivity index is 1.53. The average Bonchev–Trinajstić information content (AvgIpc) is 3.25. The van der Waals surface area contributed by atoms with E-state index in [0.29, 0.717) is 10.5 Å². The molecular formula is C19H15F4N7O3. The summed E-state index contributed by atoms with van der Waals surface area (Å²) < 4.78 is 55.0. The molecular weight excluding hydrogens is 450 g/mol. The van der Waals surface area contributed by atoms with Gasteiger partial charge in [0.2, 0.25) is 0 Å². The number of aromatic nitrogens is 4. The minimum absolute atomic E-state index is 0.0816. The van der Waals surface area contributed by atoms with Gasteiger partial charge in [0, 0.05) is 32.2 Å². The van der Waals surface area contributed by atoms with Crippen LogP contribution in [0.25, 0.3) is 5.69 Å². The molecule has 0 atom stereocenters. The molecule has 1 saturated heterocycles. The summed E-state index contributed by atoms with van der Waals surface area (Å²) in [5, 5.41) is 17.7. The van der Waals surface area contributed by atoms with E-state index < -0.39 is 34.2 Å². The molecule has 0 spiro atoms. The SMILES string of the molecule is O=C(c1nnn(-c2ccc(F)cc2)c1C(F)(F)F)N1CCN(c2ccc([N+](=O)[O-])cn2)CC1. The first kappa shape index (κ1) is 22.1. The number of carbonyl (C=O) groups excluding carboxylic acids is 1. The zero-order valence-electron chi connectivity index (χ0n) is 16.7. The third-order valence-corrected chi connectivity index (χ3v) is 5.05. The van der Waals surface area contributed by atoms with Gasteiger partial charge in [-0.25, -0.2) is 14.1 Å². The molecule has 0 radical (unpaired) electrons. The van der Waals surface area contributed by atoms with E-state index in [-0.39, 0.29) is 37.6 Å². The fourth-order valence-corrected chi connectivity index (χ4v) is 3.40. The van der Waals surface area contributed by atoms with Crippen molar-refractivity contribution < 1.29 is 27.3 Å². The van der Waals surface area contributed by atoms with Crippen LogP contribution in [0.4, 0.5) is 29.1 Å². The molecule has 0 aliphatic carbocycles. The van der Waals surface area contributed by atoms with Crippen LogP contribution in [0.3, 0.4) is 0 Å². The summed E-state index contributed by atoms with van der Waals surface area (Å²) in [7, 11) is 0. The van der Waals surface area contributed by atoms with Gasteiger partial charge in [0.25, 0.3) is 11.6 Å². The van der Waals surface area contributed by atoms with E-state index in [0.717, 1.165) is 30.5 Å². The summed E-state index contributed by atoms with van der Waals surface area (Å²) in [4.78, 5) is 30.0. The Morgan fingerprint density at radius 3 is 2.24 bits per heavy atom. The van der Waals surface area contributed by atoms with E-state index in [1.165, 1.54) is 17.0 Å². The number of hydrogen-bond donors (Lipinski definition) is 0. The molecule has 172 valence electrons. The first-order valence-corrected chi connectivity index (χ1v) is 9.58. The topological polar surface area (TPSA) is 110 Å². The second-order valence-corrected chi connectivity index (χ2v) is 7.08. The number of piperazine rings is 1. The fourth-order valence-electron chi connectivity index (χ4n) is 3.40. The molecule has 1 aliphatic heterocycles. The van der Waals surface area contributed by atoms with Gasteiger partial charge in [-0.05, 0) is 30.3 Å². The van der Waals surface area contributed by atoms with Crippen LogP contribution in [0.1, 0.15) is 16.2 Å². The van der Waals surface area contributed by atoms with Crippen molar-refractivity contribution in [1.29, 1.82) is 0 Å². The van der Waals surface area contributed by atoms with E-state index in [1.807, 2.05) is 0 Å². The molecule has 1 aliphatic rings. The largest absolute Gasteiger partial charge is 0.435 e. The lowest BCUT2D eigenvalue weighted by Gasteiger charge is -2.35. The molecule has 14 heteroatoms. The minimum atomic E-state index is -4.94. The van der Waals surface area contributed by atoms with Crippen molar-refractivity contribution in [3.05, 3.63) is 69.9 Å². The van der Waals surface area contributed by atoms with Gasteiger partial charge >= 0.3 is 6.18 Å². The van der Waals surface area contributed by atoms with Crippen LogP contribution in [0.2, 0.25) is 0 Å². The summed E-state index contributed by atoms with van der Waals surface area (Å²) in [6.07, 6.45) is -3.83. The van der Waals surface area contributed by atoms with Crippen LogP contribution in [0.5, 0.6) is 0 Å². The quantitative estimate of drug-likeness (QED) is 0.331. The molecule has 4 rings (SSSR count). The van der Waals surface area contributed by atoms with Gasteiger partial charge in [-0.3, -0.25) is 14.9 Å². The molecule has 0 saturated carbocycles. The first-order valence-electron chi connectivity index (χ1n) is 9.58. The highest BCUT2D eigenvalue weighted by Gasteiger charge is 2.43. The highest BCUT2D eigenvalue weighted by Crippen LogP contribution is 2.33. The normalized spacial score (nSPS) is 14.4. The van der Waals surface area contributed by atoms with Gasteiger partial charge in [-0.2, -0.15) is 13.2 Å². The maximum Gasteiger partial charge on any atom is 0.435 e. The van der Waals surface area contributed by atoms with Gasteiger partial charge in [-0.1, -0.05) is 5.21 Å². The molecule has 3 heterocycles. The summed E-state index contributed by atoms with van der Waals surface area (Å²) in [6.45, 7) is 0.671. The molecule has 3 aromatic rings. The average molecular weight is 465 g/mol. The van der Waals surface area contributed by atoms with Crippen LogP contribution < -0.4 is 4.90 Å². The molecule has 0 unspecified atom stereocenters. The van der Waals surface area contributed by atoms with Crippen molar-refractivity contribution in [2.24, 2.45) is 0 Å². The predicted octanol–water partition coefficient (Wildman–Crippen LogP) is 2.69. The number of alkyl halides is 3. The Morgan fingerprint density at radius 1 is 1.03 bits per heavy atom. The van der Waals surface area contributed by atoms with Gasteiger partial charge < -0.3 is 9.80 Å². The molecule has 2 aromatic heterocycles. The maximum absolute atomic E-state index is 13.8. The van der Waals surface area contributed by atoms with E-state index in [9.17, 15) is 32.5 Å². The summed E-state index contributed by atoms with van der Waals surface area (Å²) in [5.41, 5.74) is -2.46. The van der Waals surface area contributed by atoms with Crippen LogP contribution in [0, 0.1) is 15.9 Å². The third kappa shape index (κ3) is 4.44. The fraction of sp³-hybridized carbons (Fsp3) is 0.263. The van der Waals surface area contributed by atoms with Gasteiger partial charge in [0.05, 0.1) is 10.6 Å². The Morgan fingerprint density at radius 2 is 1.70 bits per heavy atom. The smallest absolute Gasteiger partial charge is 0.353 e. The van der Waals surface area contributed by atoms with Crippen LogP contribution in [-0.2, 0) is 6.18 Å². The van der Waals surface area contributed by atoms with Crippen molar-refractivity contribution in [2.45, 2.75) is 6.18 Å². The van der Waals surface area contributed by atoms with Crippen LogP contribution in [-0.4, -0.2) is 61.9 Å². The first-order chi connectivity index (χ1) is 15.6. The van der Waals surface area contributed by atoms with Crippen molar-refractivity contribution in [3.63, 3.8) is 0 Å². The molecule has 1 aromatic carbocycles. The number of pyridine rings is 1. The third-order valence-electron chi connectivity index (χ3n) is 5.05. The summed E-state index contributed by atoms with van der Waals surface area (Å²) >= 11 is 0. The van der Waals surface area contributed by atoms with Gasteiger partial charge in [-0.15, -0.1) is 5.10 Å². The van der Waals surface area contributed by atoms with E-state index in [2.05, 4.69) is 15.3 Å². The van der Waals surface area contributed by atoms with Crippen molar-refractivity contribution in [3.8, 4) is 5.69 Å². The molecule has 0 N–H and O–H groups in total. The number of carbonyl (C=O) groups is 1. The Kier molecular flexibility index (Phi) is 5.66. The highest BCUT2D eigenvalue weighted by atomic mass is 19.4. The van der Waals surface area contributed by atoms with E-state index >= 15 is 0 Å². The Hall–Kier alpha value is -4.10. The minimum Gasteiger partial charge on any atom is -0.353 e. The van der Waals surface area contributed by atoms with Crippen molar-refractivity contribution >= 4 is 17.4 Å². The predicted molar refractivity (Wildman–Crippen MR) is 105 cm³/mol. The monoisotopic (exact) mass is 465 g/mol. The van der Waals surface area contributed by atoms with E-state index in [1.54, 1.807) is 4.90 Å². The second-order valence-electron chi connectivity index (χ2n) is 7.08. The molecule has 10 nitrogen and oxygen atoms in total. The Bertz CT molecular complexity index is 1170. The zero-order valence-corrected chi connectivity index (χ0v) is 16.7. The summed E-state index contributed by atoms with van der Waals surface area (Å²) in [5.74, 6) is -1.12. The van der Waals surface area contributed by atoms with E-state index in [4.69, 9.17) is 0 Å². The number of hydrogen-bond acceptors (Lipinski definition) is 7. The summed E-state index contributed by atoms with van der Waals surface area (Å²) in [6, 6.07) is 6.91. The van der Waals surface area contributed by atoms with Crippen LogP contribution in [0.15, 0.2) is 42.6 Å². The van der Waals surface area contributed by atoms with Crippen LogP contribution >= 0.6 is 0 Å². The number of halogens is 4. The van der Waals surface area contributed by atoms with Gasteiger partial charge in [0.15, 0.2) is 11.4 Å².